The summed E-state index contributed by atoms with van der Waals surface area (Å²) in [6, 6.07) is 0.534. The van der Waals surface area contributed by atoms with Crippen molar-refractivity contribution in [2.24, 2.45) is 0 Å². The van der Waals surface area contributed by atoms with Gasteiger partial charge in [-0.05, 0) is 13.5 Å². The van der Waals surface area contributed by atoms with Gasteiger partial charge in [-0.2, -0.15) is 0 Å². The summed E-state index contributed by atoms with van der Waals surface area (Å²) >= 11 is 0. The summed E-state index contributed by atoms with van der Waals surface area (Å²) in [5, 5.41) is 3.24. The lowest BCUT2D eigenvalue weighted by atomic mass is 10.1. The zero-order valence-corrected chi connectivity index (χ0v) is 8.40. The lowest BCUT2D eigenvalue weighted by Crippen LogP contribution is -2.24. The van der Waals surface area contributed by atoms with Gasteiger partial charge in [0.05, 0.1) is 0 Å². The first-order chi connectivity index (χ1) is 5.85. The highest BCUT2D eigenvalue weighted by Crippen LogP contribution is 2.06. The van der Waals surface area contributed by atoms with E-state index >= 15 is 0 Å². The van der Waals surface area contributed by atoms with Crippen LogP contribution < -0.4 is 5.32 Å². The van der Waals surface area contributed by atoms with E-state index in [0.717, 1.165) is 6.42 Å². The molecule has 0 bridgehead atoms. The van der Waals surface area contributed by atoms with Gasteiger partial charge in [0.25, 0.3) is 0 Å². The lowest BCUT2D eigenvalue weighted by molar-refractivity contribution is 0.495. The summed E-state index contributed by atoms with van der Waals surface area (Å²) in [6.07, 6.45) is 12.6. The van der Waals surface area contributed by atoms with Crippen molar-refractivity contribution in [3.63, 3.8) is 0 Å². The van der Waals surface area contributed by atoms with Crippen molar-refractivity contribution >= 4 is 0 Å². The summed E-state index contributed by atoms with van der Waals surface area (Å²) in [5.74, 6) is 2.70. The van der Waals surface area contributed by atoms with Gasteiger partial charge in [-0.25, -0.2) is 0 Å². The Balaban J connectivity index is 3.26. The summed E-state index contributed by atoms with van der Waals surface area (Å²) in [6.45, 7) is 2.23. The molecule has 0 spiro atoms. The Bertz CT molecular complexity index is 123. The monoisotopic (exact) mass is 167 g/mol. The normalized spacial score (nSPS) is 12.4. The Kier molecular flexibility index (Phi) is 8.27. The number of terminal acetylenes is 1. The van der Waals surface area contributed by atoms with Gasteiger partial charge in [0.1, 0.15) is 0 Å². The summed E-state index contributed by atoms with van der Waals surface area (Å²) in [4.78, 5) is 0. The smallest absolute Gasteiger partial charge is 0.0240 e. The van der Waals surface area contributed by atoms with Gasteiger partial charge in [0, 0.05) is 12.5 Å². The Morgan fingerprint density at radius 1 is 1.33 bits per heavy atom. The van der Waals surface area contributed by atoms with Crippen LogP contribution in [-0.2, 0) is 0 Å². The first kappa shape index (κ1) is 11.5. The standard InChI is InChI=1S/C11H21N/c1-4-6-7-8-10-11(12-3)9-5-2/h2,11-12H,4,6-10H2,1,3H3. The van der Waals surface area contributed by atoms with E-state index in [9.17, 15) is 0 Å². The van der Waals surface area contributed by atoms with Crippen molar-refractivity contribution in [2.45, 2.75) is 51.5 Å². The highest BCUT2D eigenvalue weighted by atomic mass is 14.9. The maximum atomic E-state index is 5.25. The second-order valence-electron chi connectivity index (χ2n) is 3.24. The zero-order chi connectivity index (χ0) is 9.23. The molecule has 0 aromatic carbocycles. The maximum absolute atomic E-state index is 5.25. The van der Waals surface area contributed by atoms with E-state index in [1.165, 1.54) is 32.1 Å². The quantitative estimate of drug-likeness (QED) is 0.454. The van der Waals surface area contributed by atoms with E-state index < -0.39 is 0 Å². The average molecular weight is 167 g/mol. The van der Waals surface area contributed by atoms with Gasteiger partial charge in [-0.1, -0.05) is 32.6 Å². The number of rotatable bonds is 7. The molecule has 0 saturated carbocycles. The van der Waals surface area contributed by atoms with Gasteiger partial charge in [0.15, 0.2) is 0 Å². The maximum Gasteiger partial charge on any atom is 0.0240 e. The molecule has 0 aliphatic heterocycles. The number of hydrogen-bond acceptors (Lipinski definition) is 1. The molecule has 0 rings (SSSR count). The number of unbranched alkanes of at least 4 members (excludes halogenated alkanes) is 3. The Hall–Kier alpha value is -0.480. The second kappa shape index (κ2) is 8.62. The SMILES string of the molecule is C#CCC(CCCCCC)NC. The minimum Gasteiger partial charge on any atom is -0.316 e. The Morgan fingerprint density at radius 3 is 2.58 bits per heavy atom. The van der Waals surface area contributed by atoms with Crippen LogP contribution in [0.1, 0.15) is 45.4 Å². The third kappa shape index (κ3) is 6.24. The van der Waals surface area contributed by atoms with E-state index in [1.807, 2.05) is 7.05 Å². The minimum atomic E-state index is 0.534. The van der Waals surface area contributed by atoms with Gasteiger partial charge >= 0.3 is 0 Å². The lowest BCUT2D eigenvalue weighted by Gasteiger charge is -2.12. The fourth-order valence-corrected chi connectivity index (χ4v) is 1.31. The molecule has 0 heterocycles. The molecule has 0 amide bonds. The first-order valence-corrected chi connectivity index (χ1v) is 4.95. The molecule has 0 aromatic heterocycles. The van der Waals surface area contributed by atoms with Crippen molar-refractivity contribution in [1.29, 1.82) is 0 Å². The number of hydrogen-bond donors (Lipinski definition) is 1. The van der Waals surface area contributed by atoms with E-state index in [0.29, 0.717) is 6.04 Å². The van der Waals surface area contributed by atoms with Gasteiger partial charge in [0.2, 0.25) is 0 Å². The molecule has 1 N–H and O–H groups in total. The van der Waals surface area contributed by atoms with Crippen LogP contribution in [0.5, 0.6) is 0 Å². The van der Waals surface area contributed by atoms with Gasteiger partial charge < -0.3 is 5.32 Å². The molecule has 0 radical (unpaired) electrons. The van der Waals surface area contributed by atoms with Crippen LogP contribution >= 0.6 is 0 Å². The Morgan fingerprint density at radius 2 is 2.08 bits per heavy atom. The molecule has 12 heavy (non-hydrogen) atoms. The predicted octanol–water partition coefficient (Wildman–Crippen LogP) is 2.57. The molecule has 1 nitrogen and oxygen atoms in total. The van der Waals surface area contributed by atoms with Gasteiger partial charge in [-0.15, -0.1) is 12.3 Å². The van der Waals surface area contributed by atoms with Crippen LogP contribution in [0.4, 0.5) is 0 Å². The van der Waals surface area contributed by atoms with Crippen LogP contribution in [0.25, 0.3) is 0 Å². The average Bonchev–Trinajstić information content (AvgIpc) is 2.10. The summed E-state index contributed by atoms with van der Waals surface area (Å²) in [5.41, 5.74) is 0. The first-order valence-electron chi connectivity index (χ1n) is 4.95. The van der Waals surface area contributed by atoms with Crippen molar-refractivity contribution in [2.75, 3.05) is 7.05 Å². The van der Waals surface area contributed by atoms with Crippen molar-refractivity contribution in [3.05, 3.63) is 0 Å². The molecule has 0 aliphatic carbocycles. The second-order valence-corrected chi connectivity index (χ2v) is 3.24. The minimum absolute atomic E-state index is 0.534. The van der Waals surface area contributed by atoms with Gasteiger partial charge in [-0.3, -0.25) is 0 Å². The fraction of sp³-hybridized carbons (Fsp3) is 0.818. The third-order valence-corrected chi connectivity index (χ3v) is 2.18. The Labute approximate surface area is 76.9 Å². The van der Waals surface area contributed by atoms with Crippen LogP contribution in [0.3, 0.4) is 0 Å². The molecule has 0 aromatic rings. The predicted molar refractivity (Wildman–Crippen MR) is 55.1 cm³/mol. The fourth-order valence-electron chi connectivity index (χ4n) is 1.31. The highest BCUT2D eigenvalue weighted by molar-refractivity contribution is 4.89. The van der Waals surface area contributed by atoms with E-state index in [2.05, 4.69) is 18.2 Å². The summed E-state index contributed by atoms with van der Waals surface area (Å²) in [7, 11) is 1.99. The molecule has 70 valence electrons. The molecular weight excluding hydrogens is 146 g/mol. The van der Waals surface area contributed by atoms with E-state index in [4.69, 9.17) is 6.42 Å². The van der Waals surface area contributed by atoms with Crippen LogP contribution in [-0.4, -0.2) is 13.1 Å². The molecule has 1 heteroatoms. The van der Waals surface area contributed by atoms with Crippen LogP contribution in [0, 0.1) is 12.3 Å². The molecule has 0 saturated heterocycles. The largest absolute Gasteiger partial charge is 0.316 e. The molecule has 1 unspecified atom stereocenters. The topological polar surface area (TPSA) is 12.0 Å². The molecule has 1 atom stereocenters. The molecule has 0 aliphatic rings. The summed E-state index contributed by atoms with van der Waals surface area (Å²) < 4.78 is 0. The van der Waals surface area contributed by atoms with E-state index in [-0.39, 0.29) is 0 Å². The third-order valence-electron chi connectivity index (χ3n) is 2.18. The van der Waals surface area contributed by atoms with Crippen molar-refractivity contribution in [1.82, 2.24) is 5.32 Å². The number of nitrogens with one attached hydrogen (secondary N) is 1. The van der Waals surface area contributed by atoms with E-state index in [1.54, 1.807) is 0 Å². The molecular formula is C11H21N. The zero-order valence-electron chi connectivity index (χ0n) is 8.40. The molecule has 0 fully saturated rings. The highest BCUT2D eigenvalue weighted by Gasteiger charge is 2.02. The van der Waals surface area contributed by atoms with Crippen LogP contribution in [0.15, 0.2) is 0 Å². The van der Waals surface area contributed by atoms with Crippen molar-refractivity contribution in [3.8, 4) is 12.3 Å². The van der Waals surface area contributed by atoms with Crippen LogP contribution in [0.2, 0.25) is 0 Å². The van der Waals surface area contributed by atoms with Crippen molar-refractivity contribution < 1.29 is 0 Å².